The van der Waals surface area contributed by atoms with Gasteiger partial charge in [-0.05, 0) is 44.4 Å². The third kappa shape index (κ3) is 3.51. The second-order valence-corrected chi connectivity index (χ2v) is 5.05. The van der Waals surface area contributed by atoms with Gasteiger partial charge in [0.25, 0.3) is 5.89 Å². The zero-order chi connectivity index (χ0) is 14.5. The maximum absolute atomic E-state index is 5.17. The lowest BCUT2D eigenvalue weighted by Crippen LogP contribution is -2.19. The molecule has 0 amide bonds. The Kier molecular flexibility index (Phi) is 4.02. The van der Waals surface area contributed by atoms with Gasteiger partial charge < -0.3 is 9.84 Å². The van der Waals surface area contributed by atoms with Crippen molar-refractivity contribution in [2.24, 2.45) is 0 Å². The normalized spacial score (nSPS) is 16.1. The number of piperidine rings is 1. The van der Waals surface area contributed by atoms with Crippen molar-refractivity contribution >= 4 is 0 Å². The molecule has 0 radical (unpaired) electrons. The molecule has 0 atom stereocenters. The number of hydrogen-bond acceptors (Lipinski definition) is 4. The average Bonchev–Trinajstić information content (AvgIpc) is 2.95. The van der Waals surface area contributed by atoms with Crippen LogP contribution in [0, 0.1) is 18.8 Å². The second kappa shape index (κ2) is 6.27. The van der Waals surface area contributed by atoms with Gasteiger partial charge in [0.15, 0.2) is 5.82 Å². The predicted molar refractivity (Wildman–Crippen MR) is 81.3 cm³/mol. The third-order valence-electron chi connectivity index (χ3n) is 3.32. The predicted octanol–water partition coefficient (Wildman–Crippen LogP) is 3.05. The molecule has 2 aromatic rings. The lowest BCUT2D eigenvalue weighted by atomic mass is 10.1. The van der Waals surface area contributed by atoms with E-state index >= 15 is 0 Å². The summed E-state index contributed by atoms with van der Waals surface area (Å²) in [4.78, 5) is 4.23. The molecule has 0 bridgehead atoms. The van der Waals surface area contributed by atoms with Crippen LogP contribution in [0.25, 0.3) is 11.5 Å². The highest BCUT2D eigenvalue weighted by Gasteiger charge is 2.06. The minimum atomic E-state index is 0.531. The Hall–Kier alpha value is -2.54. The van der Waals surface area contributed by atoms with Crippen molar-refractivity contribution in [2.75, 3.05) is 6.54 Å². The summed E-state index contributed by atoms with van der Waals surface area (Å²) in [5.74, 6) is 7.43. The molecule has 1 saturated heterocycles. The van der Waals surface area contributed by atoms with E-state index in [2.05, 4.69) is 27.3 Å². The zero-order valence-electron chi connectivity index (χ0n) is 12.0. The summed E-state index contributed by atoms with van der Waals surface area (Å²) in [5, 5.41) is 7.18. The van der Waals surface area contributed by atoms with Crippen molar-refractivity contribution in [3.8, 4) is 23.3 Å². The standard InChI is InChI=1S/C17H17N3O/c1-13-19-17(21-20-13)15-8-4-6-14(12-15)7-5-10-16-9-2-3-11-18-16/h4,6,8,10,12,18H,2-3,9,11H2,1H3. The van der Waals surface area contributed by atoms with Crippen LogP contribution < -0.4 is 5.32 Å². The molecular formula is C17H17N3O. The van der Waals surface area contributed by atoms with E-state index in [0.717, 1.165) is 24.1 Å². The monoisotopic (exact) mass is 279 g/mol. The largest absolute Gasteiger partial charge is 0.388 e. The van der Waals surface area contributed by atoms with Gasteiger partial charge in [0.05, 0.1) is 0 Å². The fourth-order valence-corrected chi connectivity index (χ4v) is 2.25. The first-order chi connectivity index (χ1) is 10.3. The van der Waals surface area contributed by atoms with Gasteiger partial charge in [0, 0.05) is 29.4 Å². The SMILES string of the molecule is Cc1noc(-c2cccc(C#CC=C3CCCCN3)c2)n1. The maximum atomic E-state index is 5.17. The Balaban J connectivity index is 1.77. The van der Waals surface area contributed by atoms with Gasteiger partial charge in [0.1, 0.15) is 0 Å². The number of rotatable bonds is 1. The molecule has 1 aromatic carbocycles. The first kappa shape index (κ1) is 13.4. The molecular weight excluding hydrogens is 262 g/mol. The van der Waals surface area contributed by atoms with Crippen LogP contribution in [-0.4, -0.2) is 16.7 Å². The summed E-state index contributed by atoms with van der Waals surface area (Å²) in [6, 6.07) is 7.84. The Morgan fingerprint density at radius 2 is 2.29 bits per heavy atom. The number of benzene rings is 1. The smallest absolute Gasteiger partial charge is 0.257 e. The van der Waals surface area contributed by atoms with Crippen molar-refractivity contribution in [1.29, 1.82) is 0 Å². The highest BCUT2D eigenvalue weighted by molar-refractivity contribution is 5.57. The molecule has 2 heterocycles. The summed E-state index contributed by atoms with van der Waals surface area (Å²) in [5.41, 5.74) is 3.07. The molecule has 1 aliphatic rings. The van der Waals surface area contributed by atoms with Gasteiger partial charge in [-0.25, -0.2) is 0 Å². The van der Waals surface area contributed by atoms with E-state index in [4.69, 9.17) is 4.52 Å². The molecule has 0 saturated carbocycles. The van der Waals surface area contributed by atoms with E-state index in [-0.39, 0.29) is 0 Å². The van der Waals surface area contributed by atoms with E-state index in [0.29, 0.717) is 11.7 Å². The summed E-state index contributed by atoms with van der Waals surface area (Å²) < 4.78 is 5.17. The molecule has 1 fully saturated rings. The molecule has 1 aliphatic heterocycles. The van der Waals surface area contributed by atoms with Crippen LogP contribution in [0.15, 0.2) is 40.6 Å². The lowest BCUT2D eigenvalue weighted by molar-refractivity contribution is 0.425. The molecule has 0 aliphatic carbocycles. The summed E-state index contributed by atoms with van der Waals surface area (Å²) >= 11 is 0. The second-order valence-electron chi connectivity index (χ2n) is 5.05. The summed E-state index contributed by atoms with van der Waals surface area (Å²) in [7, 11) is 0. The van der Waals surface area contributed by atoms with Crippen LogP contribution in [0.4, 0.5) is 0 Å². The molecule has 1 N–H and O–H groups in total. The maximum Gasteiger partial charge on any atom is 0.257 e. The highest BCUT2D eigenvalue weighted by Crippen LogP contribution is 2.18. The van der Waals surface area contributed by atoms with Crippen molar-refractivity contribution < 1.29 is 4.52 Å². The first-order valence-electron chi connectivity index (χ1n) is 7.16. The number of aryl methyl sites for hydroxylation is 1. The van der Waals surface area contributed by atoms with Crippen LogP contribution in [-0.2, 0) is 0 Å². The first-order valence-corrected chi connectivity index (χ1v) is 7.16. The number of aromatic nitrogens is 2. The van der Waals surface area contributed by atoms with Crippen molar-refractivity contribution in [3.63, 3.8) is 0 Å². The number of allylic oxidation sites excluding steroid dienone is 2. The molecule has 21 heavy (non-hydrogen) atoms. The highest BCUT2D eigenvalue weighted by atomic mass is 16.5. The summed E-state index contributed by atoms with van der Waals surface area (Å²) in [6.07, 6.45) is 5.56. The van der Waals surface area contributed by atoms with Crippen LogP contribution in [0.2, 0.25) is 0 Å². The van der Waals surface area contributed by atoms with Gasteiger partial charge in [0.2, 0.25) is 0 Å². The van der Waals surface area contributed by atoms with Crippen LogP contribution in [0.5, 0.6) is 0 Å². The van der Waals surface area contributed by atoms with Gasteiger partial charge >= 0.3 is 0 Å². The Bertz CT molecular complexity index is 711. The lowest BCUT2D eigenvalue weighted by Gasteiger charge is -2.14. The van der Waals surface area contributed by atoms with Crippen molar-refractivity contribution in [3.05, 3.63) is 47.4 Å². The Morgan fingerprint density at radius 1 is 1.33 bits per heavy atom. The topological polar surface area (TPSA) is 51.0 Å². The molecule has 3 rings (SSSR count). The molecule has 1 aromatic heterocycles. The van der Waals surface area contributed by atoms with Gasteiger partial charge in [-0.1, -0.05) is 23.1 Å². The van der Waals surface area contributed by atoms with Crippen LogP contribution >= 0.6 is 0 Å². The Morgan fingerprint density at radius 3 is 3.05 bits per heavy atom. The minimum absolute atomic E-state index is 0.531. The van der Waals surface area contributed by atoms with E-state index < -0.39 is 0 Å². The third-order valence-corrected chi connectivity index (χ3v) is 3.32. The molecule has 0 unspecified atom stereocenters. The van der Waals surface area contributed by atoms with Crippen LogP contribution in [0.1, 0.15) is 30.7 Å². The van der Waals surface area contributed by atoms with Gasteiger partial charge in [-0.2, -0.15) is 4.98 Å². The quantitative estimate of drug-likeness (QED) is 0.815. The number of nitrogens with one attached hydrogen (secondary N) is 1. The number of hydrogen-bond donors (Lipinski definition) is 1. The number of nitrogens with zero attached hydrogens (tertiary/aromatic N) is 2. The van der Waals surface area contributed by atoms with Crippen LogP contribution in [0.3, 0.4) is 0 Å². The van der Waals surface area contributed by atoms with E-state index in [1.54, 1.807) is 6.92 Å². The fraction of sp³-hybridized carbons (Fsp3) is 0.294. The molecule has 106 valence electrons. The summed E-state index contributed by atoms with van der Waals surface area (Å²) in [6.45, 7) is 2.86. The zero-order valence-corrected chi connectivity index (χ0v) is 12.0. The fourth-order valence-electron chi connectivity index (χ4n) is 2.25. The molecule has 4 nitrogen and oxygen atoms in total. The Labute approximate surface area is 124 Å². The van der Waals surface area contributed by atoms with Crippen molar-refractivity contribution in [2.45, 2.75) is 26.2 Å². The minimum Gasteiger partial charge on any atom is -0.388 e. The van der Waals surface area contributed by atoms with E-state index in [1.807, 2.05) is 30.3 Å². The molecule has 0 spiro atoms. The van der Waals surface area contributed by atoms with E-state index in [9.17, 15) is 0 Å². The van der Waals surface area contributed by atoms with Crippen molar-refractivity contribution in [1.82, 2.24) is 15.5 Å². The van der Waals surface area contributed by atoms with Gasteiger partial charge in [-0.15, -0.1) is 0 Å². The molecule has 4 heteroatoms. The van der Waals surface area contributed by atoms with Gasteiger partial charge in [-0.3, -0.25) is 0 Å². The van der Waals surface area contributed by atoms with E-state index in [1.165, 1.54) is 18.5 Å². The average molecular weight is 279 g/mol.